The molecule has 1 saturated carbocycles. The van der Waals surface area contributed by atoms with Crippen LogP contribution in [0.2, 0.25) is 0 Å². The lowest BCUT2D eigenvalue weighted by Gasteiger charge is -2.30. The number of rotatable bonds is 7. The molecule has 0 unspecified atom stereocenters. The molecule has 2 aliphatic rings. The topological polar surface area (TPSA) is 97.1 Å². The summed E-state index contributed by atoms with van der Waals surface area (Å²) in [4.78, 5) is 27.4. The summed E-state index contributed by atoms with van der Waals surface area (Å²) < 4.78 is 20.4. The number of halogens is 1. The van der Waals surface area contributed by atoms with Crippen molar-refractivity contribution in [3.8, 4) is 0 Å². The molecule has 5 rings (SSSR count). The number of carbonyl (C=O) groups excluding carboxylic acids is 1. The third-order valence-corrected chi connectivity index (χ3v) is 6.69. The summed E-state index contributed by atoms with van der Waals surface area (Å²) in [5.41, 5.74) is 11.0. The second-order valence-electron chi connectivity index (χ2n) is 8.77. The Labute approximate surface area is 186 Å². The van der Waals surface area contributed by atoms with E-state index in [1.807, 2.05) is 13.8 Å². The molecule has 7 nitrogen and oxygen atoms in total. The number of fused-ring (bicyclic) bond motifs is 3. The molecule has 8 heteroatoms. The van der Waals surface area contributed by atoms with Crippen molar-refractivity contribution >= 4 is 22.8 Å². The van der Waals surface area contributed by atoms with Crippen molar-refractivity contribution in [2.24, 2.45) is 0 Å². The summed E-state index contributed by atoms with van der Waals surface area (Å²) >= 11 is 0. The molecule has 3 N–H and O–H groups in total. The number of anilines is 1. The average molecular weight is 438 g/mol. The molecule has 1 fully saturated rings. The van der Waals surface area contributed by atoms with E-state index in [4.69, 9.17) is 10.5 Å². The molecule has 0 atom stereocenters. The zero-order valence-electron chi connectivity index (χ0n) is 18.4. The Morgan fingerprint density at radius 2 is 2.03 bits per heavy atom. The summed E-state index contributed by atoms with van der Waals surface area (Å²) in [7, 11) is 0. The molecule has 0 spiro atoms. The van der Waals surface area contributed by atoms with Gasteiger partial charge in [-0.2, -0.15) is 0 Å². The quantitative estimate of drug-likeness (QED) is 0.570. The van der Waals surface area contributed by atoms with Crippen LogP contribution in [0.5, 0.6) is 0 Å². The number of nitrogens with zero attached hydrogens (tertiary/aromatic N) is 3. The number of nitrogen functional groups attached to an aromatic ring is 1. The van der Waals surface area contributed by atoms with Crippen molar-refractivity contribution in [2.75, 3.05) is 5.73 Å². The number of amides is 1. The van der Waals surface area contributed by atoms with Gasteiger partial charge in [-0.05, 0) is 49.3 Å². The molecule has 0 bridgehead atoms. The second-order valence-corrected chi connectivity index (χ2v) is 8.77. The monoisotopic (exact) mass is 437 g/mol. The fourth-order valence-electron chi connectivity index (χ4n) is 4.60. The van der Waals surface area contributed by atoms with Crippen molar-refractivity contribution in [1.82, 2.24) is 19.9 Å². The van der Waals surface area contributed by atoms with Crippen LogP contribution in [0, 0.1) is 5.82 Å². The first kappa shape index (κ1) is 20.9. The fourth-order valence-corrected chi connectivity index (χ4v) is 4.60. The van der Waals surface area contributed by atoms with Crippen LogP contribution in [0.1, 0.15) is 78.3 Å². The van der Waals surface area contributed by atoms with Crippen LogP contribution in [0.25, 0.3) is 11.0 Å². The van der Waals surface area contributed by atoms with Crippen LogP contribution in [-0.2, 0) is 24.5 Å². The number of ether oxygens (including phenoxy) is 1. The molecule has 1 amide bonds. The lowest BCUT2D eigenvalue weighted by Crippen LogP contribution is -2.40. The van der Waals surface area contributed by atoms with Gasteiger partial charge in [0.2, 0.25) is 0 Å². The third kappa shape index (κ3) is 3.62. The van der Waals surface area contributed by atoms with Gasteiger partial charge in [0.1, 0.15) is 17.3 Å². The van der Waals surface area contributed by atoms with Crippen LogP contribution >= 0.6 is 0 Å². The summed E-state index contributed by atoms with van der Waals surface area (Å²) in [6.07, 6.45) is 5.46. The Balaban J connectivity index is 1.49. The molecule has 4 heterocycles. The van der Waals surface area contributed by atoms with Crippen molar-refractivity contribution in [3.05, 3.63) is 52.2 Å². The van der Waals surface area contributed by atoms with Crippen LogP contribution in [0.3, 0.4) is 0 Å². The van der Waals surface area contributed by atoms with Gasteiger partial charge in [0.05, 0.1) is 36.5 Å². The first-order chi connectivity index (χ1) is 15.5. The SMILES string of the molecule is CCC(CC)N(Cc1ncc(C2CC2)cc1F)C(=O)c1cc2nc(N)c3c(c2[nH]1)COC3. The minimum Gasteiger partial charge on any atom is -0.383 e. The molecule has 1 aliphatic carbocycles. The van der Waals surface area contributed by atoms with Gasteiger partial charge in [-0.25, -0.2) is 9.37 Å². The van der Waals surface area contributed by atoms with Gasteiger partial charge in [-0.3, -0.25) is 9.78 Å². The van der Waals surface area contributed by atoms with Gasteiger partial charge in [0, 0.05) is 23.4 Å². The van der Waals surface area contributed by atoms with E-state index >= 15 is 0 Å². The Morgan fingerprint density at radius 3 is 2.72 bits per heavy atom. The van der Waals surface area contributed by atoms with E-state index in [1.54, 1.807) is 23.2 Å². The summed E-state index contributed by atoms with van der Waals surface area (Å²) in [5.74, 6) is 0.316. The number of aromatic amines is 1. The number of H-pyrrole nitrogens is 1. The van der Waals surface area contributed by atoms with Crippen LogP contribution in [0.4, 0.5) is 10.2 Å². The standard InChI is InChI=1S/C24H28FN5O2/c1-3-15(4-2)30(10-21-18(25)7-14(9-27-21)13-5-6-13)24(31)20-8-19-22(28-20)16-11-32-12-17(16)23(26)29-19/h7-9,13,15,28H,3-6,10-12H2,1-2H3,(H2,26,29). The maximum absolute atomic E-state index is 14.9. The predicted molar refractivity (Wildman–Crippen MR) is 119 cm³/mol. The first-order valence-corrected chi connectivity index (χ1v) is 11.3. The fraction of sp³-hybridized carbons (Fsp3) is 0.458. The molecule has 0 aromatic carbocycles. The Kier molecular flexibility index (Phi) is 5.33. The third-order valence-electron chi connectivity index (χ3n) is 6.69. The number of nitrogens with two attached hydrogens (primary N) is 1. The van der Waals surface area contributed by atoms with Gasteiger partial charge >= 0.3 is 0 Å². The highest BCUT2D eigenvalue weighted by atomic mass is 19.1. The second kappa shape index (κ2) is 8.16. The zero-order chi connectivity index (χ0) is 22.4. The number of hydrogen-bond acceptors (Lipinski definition) is 5. The van der Waals surface area contributed by atoms with E-state index in [2.05, 4.69) is 15.0 Å². The summed E-state index contributed by atoms with van der Waals surface area (Å²) in [6.45, 7) is 5.05. The van der Waals surface area contributed by atoms with Gasteiger partial charge < -0.3 is 20.4 Å². The van der Waals surface area contributed by atoms with Gasteiger partial charge in [-0.15, -0.1) is 0 Å². The van der Waals surface area contributed by atoms with Crippen molar-refractivity contribution in [3.63, 3.8) is 0 Å². The van der Waals surface area contributed by atoms with Crippen molar-refractivity contribution in [1.29, 1.82) is 0 Å². The molecular formula is C24H28FN5O2. The maximum Gasteiger partial charge on any atom is 0.270 e. The molecule has 3 aromatic heterocycles. The van der Waals surface area contributed by atoms with E-state index in [0.717, 1.165) is 47.9 Å². The van der Waals surface area contributed by atoms with E-state index in [1.165, 1.54) is 0 Å². The maximum atomic E-state index is 14.9. The highest BCUT2D eigenvalue weighted by Crippen LogP contribution is 2.40. The van der Waals surface area contributed by atoms with Crippen LogP contribution in [-0.4, -0.2) is 31.8 Å². The van der Waals surface area contributed by atoms with Gasteiger partial charge in [0.25, 0.3) is 5.91 Å². The van der Waals surface area contributed by atoms with Crippen LogP contribution < -0.4 is 5.73 Å². The lowest BCUT2D eigenvalue weighted by atomic mass is 10.1. The number of pyridine rings is 2. The Hall–Kier alpha value is -3.00. The highest BCUT2D eigenvalue weighted by molar-refractivity contribution is 5.98. The van der Waals surface area contributed by atoms with Gasteiger partial charge in [0.15, 0.2) is 0 Å². The largest absolute Gasteiger partial charge is 0.383 e. The van der Waals surface area contributed by atoms with Crippen LogP contribution in [0.15, 0.2) is 18.3 Å². The number of nitrogens with one attached hydrogen (secondary N) is 1. The van der Waals surface area contributed by atoms with E-state index in [0.29, 0.717) is 41.9 Å². The molecule has 0 saturated heterocycles. The number of aromatic nitrogens is 3. The number of carbonyl (C=O) groups is 1. The van der Waals surface area contributed by atoms with Crippen molar-refractivity contribution < 1.29 is 13.9 Å². The Morgan fingerprint density at radius 1 is 1.28 bits per heavy atom. The Bertz CT molecular complexity index is 1180. The molecule has 1 aliphatic heterocycles. The highest BCUT2D eigenvalue weighted by Gasteiger charge is 2.29. The minimum atomic E-state index is -0.348. The minimum absolute atomic E-state index is 0.0368. The molecule has 32 heavy (non-hydrogen) atoms. The smallest absolute Gasteiger partial charge is 0.270 e. The lowest BCUT2D eigenvalue weighted by molar-refractivity contribution is 0.0639. The zero-order valence-corrected chi connectivity index (χ0v) is 18.4. The van der Waals surface area contributed by atoms with E-state index < -0.39 is 0 Å². The number of hydrogen-bond donors (Lipinski definition) is 2. The normalized spacial score (nSPS) is 15.5. The molecular weight excluding hydrogens is 409 g/mol. The van der Waals surface area contributed by atoms with E-state index in [9.17, 15) is 9.18 Å². The average Bonchev–Trinajstić information content (AvgIpc) is 3.35. The summed E-state index contributed by atoms with van der Waals surface area (Å²) in [5, 5.41) is 0. The predicted octanol–water partition coefficient (Wildman–Crippen LogP) is 4.42. The molecule has 0 radical (unpaired) electrons. The van der Waals surface area contributed by atoms with Crippen molar-refractivity contribution in [2.45, 2.75) is 71.2 Å². The molecule has 3 aromatic rings. The molecule has 168 valence electrons. The summed E-state index contributed by atoms with van der Waals surface area (Å²) in [6, 6.07) is 3.27. The van der Waals surface area contributed by atoms with E-state index in [-0.39, 0.29) is 24.3 Å². The first-order valence-electron chi connectivity index (χ1n) is 11.3. The van der Waals surface area contributed by atoms with Gasteiger partial charge in [-0.1, -0.05) is 13.8 Å².